The fraction of sp³-hybridized carbons (Fsp3) is 0. The number of pyridine rings is 1. The highest BCUT2D eigenvalue weighted by Crippen LogP contribution is 2.47. The van der Waals surface area contributed by atoms with Gasteiger partial charge in [-0.2, -0.15) is 10.5 Å². The van der Waals surface area contributed by atoms with Crippen LogP contribution >= 0.6 is 0 Å². The number of nitrogens with zero attached hydrogens (tertiary/aromatic N) is 6. The Bertz CT molecular complexity index is 4620. The Hall–Kier alpha value is -10.3. The maximum Gasteiger partial charge on any atom is 0.162 e. The molecule has 4 aromatic heterocycles. The molecule has 0 aliphatic rings. The molecule has 4 heterocycles. The molecule has 0 saturated heterocycles. The Balaban J connectivity index is 1.19. The van der Waals surface area contributed by atoms with Crippen molar-refractivity contribution in [2.75, 3.05) is 0 Å². The summed E-state index contributed by atoms with van der Waals surface area (Å²) in [5.74, 6) is 0.672. The average molecular weight is 929 g/mol. The van der Waals surface area contributed by atoms with Gasteiger partial charge in [0.15, 0.2) is 5.82 Å². The fourth-order valence-electron chi connectivity index (χ4n) is 11.3. The van der Waals surface area contributed by atoms with Crippen LogP contribution in [0.5, 0.6) is 0 Å². The number of benzene rings is 10. The summed E-state index contributed by atoms with van der Waals surface area (Å²) in [4.78, 5) is 5.73. The predicted octanol–water partition coefficient (Wildman–Crippen LogP) is 16.8. The molecule has 0 amide bonds. The van der Waals surface area contributed by atoms with Crippen molar-refractivity contribution < 1.29 is 0 Å². The van der Waals surface area contributed by atoms with Crippen LogP contribution in [0, 0.1) is 22.7 Å². The Labute approximate surface area is 420 Å². The zero-order valence-corrected chi connectivity index (χ0v) is 39.3. The van der Waals surface area contributed by atoms with Gasteiger partial charge in [-0.05, 0) is 94.0 Å². The molecular formula is C67H40N6. The zero-order valence-electron chi connectivity index (χ0n) is 39.3. The van der Waals surface area contributed by atoms with Crippen LogP contribution in [-0.4, -0.2) is 18.7 Å². The lowest BCUT2D eigenvalue weighted by Crippen LogP contribution is -2.12. The number of hydrogen-bond acceptors (Lipinski definition) is 3. The van der Waals surface area contributed by atoms with Gasteiger partial charge in [0.05, 0.1) is 61.8 Å². The molecule has 0 spiro atoms. The molecule has 0 aliphatic heterocycles. The van der Waals surface area contributed by atoms with Gasteiger partial charge in [-0.3, -0.25) is 4.57 Å². The van der Waals surface area contributed by atoms with E-state index in [9.17, 15) is 10.5 Å². The first-order valence-corrected chi connectivity index (χ1v) is 24.4. The highest BCUT2D eigenvalue weighted by atomic mass is 15.1. The van der Waals surface area contributed by atoms with Crippen molar-refractivity contribution in [1.82, 2.24) is 18.7 Å². The topological polar surface area (TPSA) is 75.3 Å². The summed E-state index contributed by atoms with van der Waals surface area (Å²) in [6, 6.07) is 87.7. The summed E-state index contributed by atoms with van der Waals surface area (Å²) in [5, 5.41) is 28.6. The van der Waals surface area contributed by atoms with Gasteiger partial charge in [-0.25, -0.2) is 4.98 Å². The van der Waals surface area contributed by atoms with Crippen molar-refractivity contribution in [2.45, 2.75) is 0 Å². The predicted molar refractivity (Wildman–Crippen MR) is 298 cm³/mol. The third-order valence-electron chi connectivity index (χ3n) is 14.6. The third kappa shape index (κ3) is 6.45. The van der Waals surface area contributed by atoms with Crippen LogP contribution in [0.15, 0.2) is 243 Å². The average Bonchev–Trinajstić information content (AvgIpc) is 4.10. The van der Waals surface area contributed by atoms with Crippen LogP contribution in [-0.2, 0) is 0 Å². The maximum absolute atomic E-state index is 11.3. The highest BCUT2D eigenvalue weighted by molar-refractivity contribution is 6.15. The highest BCUT2D eigenvalue weighted by Gasteiger charge is 2.30. The second-order valence-electron chi connectivity index (χ2n) is 18.5. The van der Waals surface area contributed by atoms with Crippen molar-refractivity contribution >= 4 is 65.4 Å². The van der Waals surface area contributed by atoms with Gasteiger partial charge in [-0.15, -0.1) is 0 Å². The Morgan fingerprint density at radius 2 is 0.740 bits per heavy atom. The quantitative estimate of drug-likeness (QED) is 0.160. The Morgan fingerprint density at radius 3 is 1.22 bits per heavy atom. The van der Waals surface area contributed by atoms with Gasteiger partial charge in [-0.1, -0.05) is 176 Å². The summed E-state index contributed by atoms with van der Waals surface area (Å²) in [6.45, 7) is 0. The molecule has 6 heteroatoms. The first kappa shape index (κ1) is 41.7. The van der Waals surface area contributed by atoms with Crippen molar-refractivity contribution in [3.05, 3.63) is 254 Å². The molecule has 0 N–H and O–H groups in total. The van der Waals surface area contributed by atoms with Crippen molar-refractivity contribution in [1.29, 1.82) is 10.5 Å². The molecule has 6 nitrogen and oxygen atoms in total. The minimum absolute atomic E-state index is 0.290. The van der Waals surface area contributed by atoms with Crippen LogP contribution in [0.1, 0.15) is 11.1 Å². The van der Waals surface area contributed by atoms with Crippen molar-refractivity contribution in [2.24, 2.45) is 0 Å². The van der Waals surface area contributed by atoms with E-state index in [4.69, 9.17) is 4.98 Å². The molecular weight excluding hydrogens is 889 g/mol. The van der Waals surface area contributed by atoms with E-state index in [0.717, 1.165) is 116 Å². The van der Waals surface area contributed by atoms with Crippen LogP contribution in [0.25, 0.3) is 127 Å². The molecule has 0 saturated carbocycles. The Morgan fingerprint density at radius 1 is 0.329 bits per heavy atom. The first-order chi connectivity index (χ1) is 36.2. The lowest BCUT2D eigenvalue weighted by molar-refractivity contribution is 1.01. The Kier molecular flexibility index (Phi) is 9.54. The summed E-state index contributed by atoms with van der Waals surface area (Å²) in [6.07, 6.45) is 1.98. The minimum atomic E-state index is 0.290. The number of para-hydroxylation sites is 3. The molecule has 0 atom stereocenters. The number of nitriles is 2. The lowest BCUT2D eigenvalue weighted by atomic mass is 9.94. The molecule has 10 aromatic carbocycles. The molecule has 0 unspecified atom stereocenters. The summed E-state index contributed by atoms with van der Waals surface area (Å²) in [5.41, 5.74) is 16.1. The van der Waals surface area contributed by atoms with Crippen LogP contribution < -0.4 is 0 Å². The van der Waals surface area contributed by atoms with Crippen LogP contribution in [0.2, 0.25) is 0 Å². The summed E-state index contributed by atoms with van der Waals surface area (Å²) >= 11 is 0. The van der Waals surface area contributed by atoms with Crippen molar-refractivity contribution in [3.8, 4) is 73.8 Å². The molecule has 14 rings (SSSR count). The summed E-state index contributed by atoms with van der Waals surface area (Å²) < 4.78 is 6.94. The molecule has 0 aliphatic carbocycles. The van der Waals surface area contributed by atoms with E-state index in [1.54, 1.807) is 6.07 Å². The third-order valence-corrected chi connectivity index (χ3v) is 14.6. The summed E-state index contributed by atoms with van der Waals surface area (Å²) in [7, 11) is 0. The van der Waals surface area contributed by atoms with E-state index in [-0.39, 0.29) is 0 Å². The van der Waals surface area contributed by atoms with Gasteiger partial charge in [0.2, 0.25) is 0 Å². The van der Waals surface area contributed by atoms with Gasteiger partial charge in [0.1, 0.15) is 12.1 Å². The monoisotopic (exact) mass is 928 g/mol. The molecule has 73 heavy (non-hydrogen) atoms. The van der Waals surface area contributed by atoms with E-state index in [0.29, 0.717) is 22.5 Å². The van der Waals surface area contributed by atoms with E-state index in [1.807, 2.05) is 36.5 Å². The molecule has 0 fully saturated rings. The smallest absolute Gasteiger partial charge is 0.162 e. The van der Waals surface area contributed by atoms with Gasteiger partial charge >= 0.3 is 0 Å². The molecule has 14 aromatic rings. The fourth-order valence-corrected chi connectivity index (χ4v) is 11.3. The van der Waals surface area contributed by atoms with Gasteiger partial charge < -0.3 is 9.13 Å². The van der Waals surface area contributed by atoms with Crippen molar-refractivity contribution in [3.63, 3.8) is 0 Å². The largest absolute Gasteiger partial charge is 0.307 e. The molecule has 0 radical (unpaired) electrons. The van der Waals surface area contributed by atoms with E-state index < -0.39 is 0 Å². The van der Waals surface area contributed by atoms with Crippen LogP contribution in [0.3, 0.4) is 0 Å². The van der Waals surface area contributed by atoms with E-state index >= 15 is 0 Å². The second kappa shape index (κ2) is 16.7. The standard InChI is InChI=1S/C67H40N6/c68-40-49-23-16-27-53(57(49)41-69)65-64(71-58-28-13-10-24-50(58)54-37-46(31-34-61(54)71)43-17-4-1-5-18-43)42-70-67(73-60-30-15-12-26-52(60)56-39-48(33-36-63(56)73)45-21-8-3-9-22-45)66(65)72-59-29-14-11-25-51(59)55-38-47(32-35-62(55)72)44-19-6-2-7-20-44/h1-39,42H. The van der Waals surface area contributed by atoms with E-state index in [2.05, 4.69) is 226 Å². The molecule has 0 bridgehead atoms. The number of fused-ring (bicyclic) bond motifs is 9. The number of aromatic nitrogens is 4. The zero-order chi connectivity index (χ0) is 48.6. The van der Waals surface area contributed by atoms with Gasteiger partial charge in [0, 0.05) is 43.4 Å². The normalized spacial score (nSPS) is 11.5. The number of hydrogen-bond donors (Lipinski definition) is 0. The lowest BCUT2D eigenvalue weighted by Gasteiger charge is -2.24. The maximum atomic E-state index is 11.3. The minimum Gasteiger partial charge on any atom is -0.307 e. The first-order valence-electron chi connectivity index (χ1n) is 24.4. The van der Waals surface area contributed by atoms with Crippen LogP contribution in [0.4, 0.5) is 0 Å². The second-order valence-corrected chi connectivity index (χ2v) is 18.5. The SMILES string of the molecule is N#Cc1cccc(-c2c(-n3c4ccccc4c4cc(-c5ccccc5)ccc43)cnc(-n3c4ccccc4c4cc(-c5ccccc5)ccc43)c2-n2c3ccccc3c3cc(-c4ccccc4)ccc32)c1C#N. The molecule has 338 valence electrons. The number of rotatable bonds is 7. The van der Waals surface area contributed by atoms with Gasteiger partial charge in [0.25, 0.3) is 0 Å². The van der Waals surface area contributed by atoms with E-state index in [1.165, 1.54) is 0 Å².